The number of halogens is 36. The average Bonchev–Trinajstić information content (AvgIpc) is 3.06. The summed E-state index contributed by atoms with van der Waals surface area (Å²) in [6.07, 6.45) is -17.8. The third-order valence-corrected chi connectivity index (χ3v) is 6.88. The van der Waals surface area contributed by atoms with E-state index in [-0.39, 0.29) is 0 Å². The van der Waals surface area contributed by atoms with Crippen LogP contribution in [0.1, 0.15) is 0 Å². The SMILES string of the molecule is O=C(OC(F)(F)C(F)(F)C(F)(F)C(F)(F)C(F)(F)C(F)(F)C(F)(F)CF)C(F)(F)C(F)(F)C(F)(F)C(=O)OC(F)(F)C(F)(F)C(F)(F)C(F)(F)C(F)(F)C(F)(F)C(F)(F)CF. The molecule has 0 heterocycles. The van der Waals surface area contributed by atoms with Gasteiger partial charge in [0.2, 0.25) is 0 Å². The van der Waals surface area contributed by atoms with Gasteiger partial charge in [-0.25, -0.2) is 18.4 Å². The van der Waals surface area contributed by atoms with Gasteiger partial charge in [-0.2, -0.15) is 149 Å². The minimum Gasteiger partial charge on any atom is -0.391 e. The molecule has 0 amide bonds. The largest absolute Gasteiger partial charge is 0.473 e. The molecule has 0 fully saturated rings. The standard InChI is InChI=1S/C21H4F36O4/c22-1-5(24,25)9(32,33)12(38,39)14(42,43)16(46,47)18(50,51)20(54,55)60-3(58)7(28,29)11(36,37)8(30,31)4(59)61-21(56,57)19(52,53)17(48,49)15(44,45)13(40,41)10(34,35)6(26,27)2-23/h1-2H2. The molecule has 0 saturated heterocycles. The van der Waals surface area contributed by atoms with Gasteiger partial charge in [0.1, 0.15) is 0 Å². The van der Waals surface area contributed by atoms with E-state index >= 15 is 0 Å². The maximum Gasteiger partial charge on any atom is 0.473 e. The molecule has 0 spiro atoms. The van der Waals surface area contributed by atoms with Crippen molar-refractivity contribution >= 4 is 11.9 Å². The third kappa shape index (κ3) is 7.38. The fourth-order valence-electron chi connectivity index (χ4n) is 3.12. The molecule has 0 aliphatic heterocycles. The Bertz CT molecular complexity index is 1510. The van der Waals surface area contributed by atoms with Crippen LogP contribution in [0.15, 0.2) is 0 Å². The predicted molar refractivity (Wildman–Crippen MR) is 108 cm³/mol. The Morgan fingerprint density at radius 2 is 0.426 bits per heavy atom. The summed E-state index contributed by atoms with van der Waals surface area (Å²) in [6.45, 7) is -8.67. The van der Waals surface area contributed by atoms with Gasteiger partial charge in [-0.3, -0.25) is 0 Å². The molecular weight excluding hydrogens is 1000 g/mol. The lowest BCUT2D eigenvalue weighted by Crippen LogP contribution is -2.74. The molecule has 0 atom stereocenters. The summed E-state index contributed by atoms with van der Waals surface area (Å²) in [5, 5.41) is 0. The van der Waals surface area contributed by atoms with Crippen LogP contribution in [0.4, 0.5) is 158 Å². The van der Waals surface area contributed by atoms with Crippen molar-refractivity contribution in [3.63, 3.8) is 0 Å². The van der Waals surface area contributed by atoms with Gasteiger partial charge in [-0.15, -0.1) is 0 Å². The van der Waals surface area contributed by atoms with E-state index in [0.717, 1.165) is 9.47 Å². The van der Waals surface area contributed by atoms with Crippen LogP contribution in [0.2, 0.25) is 0 Å². The summed E-state index contributed by atoms with van der Waals surface area (Å²) in [5.41, 5.74) is 0. The molecule has 0 radical (unpaired) electrons. The monoisotopic (exact) mass is 1000 g/mol. The number of hydrogen-bond acceptors (Lipinski definition) is 4. The molecule has 0 N–H and O–H groups in total. The second-order valence-corrected chi connectivity index (χ2v) is 11.0. The van der Waals surface area contributed by atoms with E-state index in [1.54, 1.807) is 0 Å². The van der Waals surface area contributed by atoms with E-state index in [9.17, 15) is 168 Å². The molecule has 0 aromatic heterocycles. The summed E-state index contributed by atoms with van der Waals surface area (Å²) >= 11 is 0. The van der Waals surface area contributed by atoms with Crippen molar-refractivity contribution < 1.29 is 177 Å². The first-order chi connectivity index (χ1) is 25.9. The third-order valence-electron chi connectivity index (χ3n) is 6.88. The van der Waals surface area contributed by atoms with Crippen molar-refractivity contribution in [1.82, 2.24) is 0 Å². The van der Waals surface area contributed by atoms with Crippen LogP contribution < -0.4 is 0 Å². The number of carbonyl (C=O) groups excluding carboxylic acids is 2. The van der Waals surface area contributed by atoms with E-state index in [1.807, 2.05) is 0 Å². The van der Waals surface area contributed by atoms with Gasteiger partial charge >= 0.3 is 113 Å². The number of esters is 2. The molecule has 0 bridgehead atoms. The highest BCUT2D eigenvalue weighted by Gasteiger charge is 2.96. The summed E-state index contributed by atoms with van der Waals surface area (Å²) < 4.78 is 485. The molecule has 0 saturated carbocycles. The molecule has 61 heavy (non-hydrogen) atoms. The van der Waals surface area contributed by atoms with Crippen LogP contribution in [-0.2, 0) is 19.1 Å². The zero-order valence-electron chi connectivity index (χ0n) is 26.2. The predicted octanol–water partition coefficient (Wildman–Crippen LogP) is 10.7. The summed E-state index contributed by atoms with van der Waals surface area (Å²) in [5.74, 6) is -144. The summed E-state index contributed by atoms with van der Waals surface area (Å²) in [6, 6.07) is 0. The molecule has 0 rings (SSSR count). The highest BCUT2D eigenvalue weighted by Crippen LogP contribution is 2.65. The van der Waals surface area contributed by atoms with Crippen LogP contribution >= 0.6 is 0 Å². The fraction of sp³-hybridized carbons (Fsp3) is 0.905. The highest BCUT2D eigenvalue weighted by atomic mass is 19.4. The normalized spacial score (nSPS) is 16.5. The minimum absolute atomic E-state index is 1.07. The molecule has 0 aliphatic rings. The molecule has 364 valence electrons. The molecule has 40 heteroatoms. The minimum atomic E-state index is -9.39. The zero-order valence-corrected chi connectivity index (χ0v) is 26.2. The molecule has 0 aliphatic carbocycles. The second-order valence-electron chi connectivity index (χ2n) is 11.0. The lowest BCUT2D eigenvalue weighted by atomic mass is 9.91. The first-order valence-corrected chi connectivity index (χ1v) is 12.9. The van der Waals surface area contributed by atoms with Crippen molar-refractivity contribution in [2.75, 3.05) is 13.3 Å². The van der Waals surface area contributed by atoms with E-state index in [0.29, 0.717) is 0 Å². The zero-order chi connectivity index (χ0) is 50.5. The van der Waals surface area contributed by atoms with Gasteiger partial charge in [0.25, 0.3) is 0 Å². The quantitative estimate of drug-likeness (QED) is 0.0901. The average molecular weight is 1000 g/mol. The van der Waals surface area contributed by atoms with E-state index < -0.39 is 126 Å². The fourth-order valence-corrected chi connectivity index (χ4v) is 3.12. The van der Waals surface area contributed by atoms with Crippen molar-refractivity contribution in [3.05, 3.63) is 0 Å². The van der Waals surface area contributed by atoms with Crippen molar-refractivity contribution in [1.29, 1.82) is 0 Å². The summed E-state index contributed by atoms with van der Waals surface area (Å²) in [4.78, 5) is 22.1. The van der Waals surface area contributed by atoms with Gasteiger partial charge < -0.3 is 9.47 Å². The van der Waals surface area contributed by atoms with E-state index in [1.165, 1.54) is 0 Å². The van der Waals surface area contributed by atoms with Gasteiger partial charge in [-0.05, 0) is 0 Å². The number of hydrogen-bond donors (Lipinski definition) is 0. The lowest BCUT2D eigenvalue weighted by Gasteiger charge is -2.42. The molecule has 4 nitrogen and oxygen atoms in total. The van der Waals surface area contributed by atoms with E-state index in [4.69, 9.17) is 0 Å². The lowest BCUT2D eigenvalue weighted by molar-refractivity contribution is -0.463. The van der Waals surface area contributed by atoms with Crippen molar-refractivity contribution in [3.8, 4) is 0 Å². The van der Waals surface area contributed by atoms with Crippen LogP contribution in [0.5, 0.6) is 0 Å². The summed E-state index contributed by atoms with van der Waals surface area (Å²) in [7, 11) is 0. The maximum absolute atomic E-state index is 13.9. The Labute approximate surface area is 305 Å². The number of carbonyl (C=O) groups is 2. The molecule has 0 aromatic rings. The number of ether oxygens (including phenoxy) is 2. The highest BCUT2D eigenvalue weighted by molar-refractivity contribution is 5.85. The Balaban J connectivity index is 7.10. The second kappa shape index (κ2) is 14.7. The first-order valence-electron chi connectivity index (χ1n) is 12.9. The van der Waals surface area contributed by atoms with Crippen molar-refractivity contribution in [2.24, 2.45) is 0 Å². The van der Waals surface area contributed by atoms with Crippen LogP contribution in [-0.4, -0.2) is 126 Å². The number of alkyl halides is 36. The van der Waals surface area contributed by atoms with Crippen LogP contribution in [0.3, 0.4) is 0 Å². The van der Waals surface area contributed by atoms with Crippen LogP contribution in [0, 0.1) is 0 Å². The molecule has 0 unspecified atom stereocenters. The Hall–Kier alpha value is -3.58. The molecular formula is C21H4F36O4. The topological polar surface area (TPSA) is 52.6 Å². The molecule has 0 aromatic carbocycles. The number of rotatable bonds is 20. The van der Waals surface area contributed by atoms with Crippen LogP contribution in [0.25, 0.3) is 0 Å². The Morgan fingerprint density at radius 1 is 0.262 bits per heavy atom. The Morgan fingerprint density at radius 3 is 0.607 bits per heavy atom. The van der Waals surface area contributed by atoms with Gasteiger partial charge in [-0.1, -0.05) is 0 Å². The van der Waals surface area contributed by atoms with Crippen molar-refractivity contribution in [2.45, 2.75) is 101 Å². The van der Waals surface area contributed by atoms with Gasteiger partial charge in [0.15, 0.2) is 13.3 Å². The van der Waals surface area contributed by atoms with Gasteiger partial charge in [0, 0.05) is 0 Å². The first kappa shape index (κ1) is 57.4. The van der Waals surface area contributed by atoms with Gasteiger partial charge in [0.05, 0.1) is 0 Å². The Kier molecular flexibility index (Phi) is 13.9. The van der Waals surface area contributed by atoms with E-state index in [2.05, 4.69) is 0 Å². The maximum atomic E-state index is 13.9. The smallest absolute Gasteiger partial charge is 0.391 e.